The number of ether oxygens (including phenoxy) is 1. The van der Waals surface area contributed by atoms with Crippen molar-refractivity contribution in [3.05, 3.63) is 84.1 Å². The lowest BCUT2D eigenvalue weighted by Gasteiger charge is -2.14. The third-order valence-electron chi connectivity index (χ3n) is 3.64. The topological polar surface area (TPSA) is 64.4 Å². The first-order chi connectivity index (χ1) is 11.7. The smallest absolute Gasteiger partial charge is 0.255 e. The lowest BCUT2D eigenvalue weighted by atomic mass is 10.1. The van der Waals surface area contributed by atoms with E-state index in [0.717, 1.165) is 16.9 Å². The van der Waals surface area contributed by atoms with Gasteiger partial charge in [0.15, 0.2) is 0 Å². The van der Waals surface area contributed by atoms with Crippen molar-refractivity contribution in [2.45, 2.75) is 19.6 Å². The maximum absolute atomic E-state index is 12.0. The highest BCUT2D eigenvalue weighted by Crippen LogP contribution is 2.19. The van der Waals surface area contributed by atoms with Crippen molar-refractivity contribution in [2.24, 2.45) is 0 Å². The number of nitrogens with zero attached hydrogens (tertiary/aromatic N) is 1. The Morgan fingerprint density at radius 2 is 2.08 bits per heavy atom. The van der Waals surface area contributed by atoms with Gasteiger partial charge in [-0.3, -0.25) is 9.78 Å². The van der Waals surface area contributed by atoms with E-state index in [1.807, 2.05) is 43.3 Å². The van der Waals surface area contributed by atoms with Crippen molar-refractivity contribution < 1.29 is 13.9 Å². The molecule has 2 heterocycles. The Balaban J connectivity index is 1.56. The zero-order chi connectivity index (χ0) is 16.8. The molecule has 24 heavy (non-hydrogen) atoms. The molecule has 1 N–H and O–H groups in total. The molecule has 0 fully saturated rings. The summed E-state index contributed by atoms with van der Waals surface area (Å²) in [6.45, 7) is 2.41. The molecular formula is C19H18N2O3. The number of pyridine rings is 1. The monoisotopic (exact) mass is 322 g/mol. The van der Waals surface area contributed by atoms with Crippen LogP contribution in [0.2, 0.25) is 0 Å². The molecule has 2 aromatic heterocycles. The Bertz CT molecular complexity index is 768. The van der Waals surface area contributed by atoms with Gasteiger partial charge in [0.05, 0.1) is 17.9 Å². The molecule has 1 unspecified atom stereocenters. The molecule has 3 rings (SSSR count). The zero-order valence-electron chi connectivity index (χ0n) is 13.3. The van der Waals surface area contributed by atoms with Crippen molar-refractivity contribution in [1.29, 1.82) is 0 Å². The fourth-order valence-electron chi connectivity index (χ4n) is 2.26. The summed E-state index contributed by atoms with van der Waals surface area (Å²) in [7, 11) is 0. The summed E-state index contributed by atoms with van der Waals surface area (Å²) < 4.78 is 10.6. The van der Waals surface area contributed by atoms with E-state index in [4.69, 9.17) is 9.15 Å². The number of carbonyl (C=O) groups excluding carboxylic acids is 1. The van der Waals surface area contributed by atoms with Gasteiger partial charge in [-0.1, -0.05) is 18.2 Å². The normalized spacial score (nSPS) is 11.7. The molecule has 0 spiro atoms. The molecule has 1 aromatic carbocycles. The third-order valence-corrected chi connectivity index (χ3v) is 3.64. The summed E-state index contributed by atoms with van der Waals surface area (Å²) in [4.78, 5) is 16.1. The van der Waals surface area contributed by atoms with Crippen LogP contribution in [0.15, 0.2) is 71.8 Å². The molecule has 0 radical (unpaired) electrons. The molecule has 3 aromatic rings. The van der Waals surface area contributed by atoms with E-state index in [0.29, 0.717) is 12.2 Å². The first-order valence-electron chi connectivity index (χ1n) is 7.67. The van der Waals surface area contributed by atoms with Crippen molar-refractivity contribution in [3.8, 4) is 5.75 Å². The number of hydrogen-bond acceptors (Lipinski definition) is 4. The van der Waals surface area contributed by atoms with Crippen molar-refractivity contribution in [3.63, 3.8) is 0 Å². The summed E-state index contributed by atoms with van der Waals surface area (Å²) >= 11 is 0. The Morgan fingerprint density at radius 3 is 2.75 bits per heavy atom. The molecular weight excluding hydrogens is 304 g/mol. The third kappa shape index (κ3) is 4.01. The van der Waals surface area contributed by atoms with Gasteiger partial charge in [-0.2, -0.15) is 0 Å². The molecule has 5 heteroatoms. The SMILES string of the molecule is CC(NC(=O)c1ccoc1)c1ccc(OCc2cccnc2)cc1. The molecule has 1 amide bonds. The van der Waals surface area contributed by atoms with E-state index in [-0.39, 0.29) is 11.9 Å². The van der Waals surface area contributed by atoms with E-state index in [1.165, 1.54) is 12.5 Å². The second-order valence-corrected chi connectivity index (χ2v) is 5.43. The highest BCUT2D eigenvalue weighted by Gasteiger charge is 2.12. The molecule has 122 valence electrons. The number of furan rings is 1. The van der Waals surface area contributed by atoms with Gasteiger partial charge in [-0.25, -0.2) is 0 Å². The average molecular weight is 322 g/mol. The van der Waals surface area contributed by atoms with Crippen LogP contribution in [-0.2, 0) is 6.61 Å². The standard InChI is InChI=1S/C19H18N2O3/c1-14(21-19(22)17-8-10-23-13-17)16-4-6-18(7-5-16)24-12-15-3-2-9-20-11-15/h2-11,13-14H,12H2,1H3,(H,21,22). The molecule has 0 aliphatic carbocycles. The minimum absolute atomic E-state index is 0.111. The van der Waals surface area contributed by atoms with Crippen LogP contribution in [0.1, 0.15) is 34.5 Å². The van der Waals surface area contributed by atoms with Crippen LogP contribution in [0.4, 0.5) is 0 Å². The van der Waals surface area contributed by atoms with Gasteiger partial charge in [-0.15, -0.1) is 0 Å². The van der Waals surface area contributed by atoms with Crippen molar-refractivity contribution >= 4 is 5.91 Å². The number of benzene rings is 1. The summed E-state index contributed by atoms with van der Waals surface area (Å²) in [5.74, 6) is 0.615. The van der Waals surface area contributed by atoms with Gasteiger partial charge in [0.2, 0.25) is 0 Å². The number of amides is 1. The number of hydrogen-bond donors (Lipinski definition) is 1. The van der Waals surface area contributed by atoms with E-state index in [2.05, 4.69) is 10.3 Å². The zero-order valence-corrected chi connectivity index (χ0v) is 13.3. The highest BCUT2D eigenvalue weighted by atomic mass is 16.5. The van der Waals surface area contributed by atoms with E-state index in [1.54, 1.807) is 18.5 Å². The van der Waals surface area contributed by atoms with Gasteiger partial charge >= 0.3 is 0 Å². The van der Waals surface area contributed by atoms with Crippen LogP contribution >= 0.6 is 0 Å². The Hall–Kier alpha value is -3.08. The van der Waals surface area contributed by atoms with Gasteiger partial charge in [0, 0.05) is 18.0 Å². The van der Waals surface area contributed by atoms with Crippen LogP contribution < -0.4 is 10.1 Å². The van der Waals surface area contributed by atoms with Crippen LogP contribution in [-0.4, -0.2) is 10.9 Å². The van der Waals surface area contributed by atoms with Crippen LogP contribution in [0.3, 0.4) is 0 Å². The minimum Gasteiger partial charge on any atom is -0.489 e. The number of nitrogens with one attached hydrogen (secondary N) is 1. The van der Waals surface area contributed by atoms with Gasteiger partial charge in [0.1, 0.15) is 18.6 Å². The summed E-state index contributed by atoms with van der Waals surface area (Å²) in [6, 6.07) is 13.1. The largest absolute Gasteiger partial charge is 0.489 e. The van der Waals surface area contributed by atoms with Crippen LogP contribution in [0.5, 0.6) is 5.75 Å². The molecule has 0 aliphatic rings. The Morgan fingerprint density at radius 1 is 1.25 bits per heavy atom. The van der Waals surface area contributed by atoms with Gasteiger partial charge in [-0.05, 0) is 36.8 Å². The van der Waals surface area contributed by atoms with Crippen LogP contribution in [0.25, 0.3) is 0 Å². The Labute approximate surface area is 140 Å². The summed E-state index contributed by atoms with van der Waals surface area (Å²) in [5.41, 5.74) is 2.53. The summed E-state index contributed by atoms with van der Waals surface area (Å²) in [6.07, 6.45) is 6.42. The predicted molar refractivity (Wildman–Crippen MR) is 89.6 cm³/mol. The van der Waals surface area contributed by atoms with Crippen LogP contribution in [0, 0.1) is 0 Å². The highest BCUT2D eigenvalue weighted by molar-refractivity contribution is 5.94. The average Bonchev–Trinajstić information content (AvgIpc) is 3.16. The fourth-order valence-corrected chi connectivity index (χ4v) is 2.26. The van der Waals surface area contributed by atoms with E-state index < -0.39 is 0 Å². The maximum atomic E-state index is 12.0. The Kier molecular flexibility index (Phi) is 4.91. The van der Waals surface area contributed by atoms with Gasteiger partial charge < -0.3 is 14.5 Å². The molecule has 0 bridgehead atoms. The predicted octanol–water partition coefficient (Wildman–Crippen LogP) is 3.74. The lowest BCUT2D eigenvalue weighted by molar-refractivity contribution is 0.0939. The first kappa shape index (κ1) is 15.8. The number of aromatic nitrogens is 1. The minimum atomic E-state index is -0.159. The summed E-state index contributed by atoms with van der Waals surface area (Å²) in [5, 5.41) is 2.93. The molecule has 1 atom stereocenters. The van der Waals surface area contributed by atoms with Crippen molar-refractivity contribution in [2.75, 3.05) is 0 Å². The lowest BCUT2D eigenvalue weighted by Crippen LogP contribution is -2.26. The quantitative estimate of drug-likeness (QED) is 0.751. The first-order valence-corrected chi connectivity index (χ1v) is 7.67. The molecule has 0 aliphatic heterocycles. The van der Waals surface area contributed by atoms with Crippen molar-refractivity contribution in [1.82, 2.24) is 10.3 Å². The van der Waals surface area contributed by atoms with E-state index in [9.17, 15) is 4.79 Å². The maximum Gasteiger partial charge on any atom is 0.255 e. The number of carbonyl (C=O) groups is 1. The molecule has 5 nitrogen and oxygen atoms in total. The number of rotatable bonds is 6. The second-order valence-electron chi connectivity index (χ2n) is 5.43. The second kappa shape index (κ2) is 7.46. The molecule has 0 saturated carbocycles. The van der Waals surface area contributed by atoms with E-state index >= 15 is 0 Å². The van der Waals surface area contributed by atoms with Gasteiger partial charge in [0.25, 0.3) is 5.91 Å². The fraction of sp³-hybridized carbons (Fsp3) is 0.158. The molecule has 0 saturated heterocycles.